The van der Waals surface area contributed by atoms with E-state index in [2.05, 4.69) is 110 Å². The SMILES string of the molecule is CC1(C)CN(c2ccc(N)cc2)CC1(C)C.CC1(C)CN(c2ccc([N+](=O)[O-])cc2)CC1(C)C.CC1(C)CNCC1(C)C.O=[N+]([O-])c1ccc(Cl)cc1. The molecule has 292 valence electrons. The summed E-state index contributed by atoms with van der Waals surface area (Å²) >= 11 is 5.49. The fourth-order valence-corrected chi connectivity index (χ4v) is 6.57. The van der Waals surface area contributed by atoms with Gasteiger partial charge in [-0.15, -0.1) is 0 Å². The van der Waals surface area contributed by atoms with Crippen LogP contribution in [0.25, 0.3) is 0 Å². The second kappa shape index (κ2) is 16.2. The van der Waals surface area contributed by atoms with Crippen molar-refractivity contribution in [2.75, 3.05) is 54.8 Å². The lowest BCUT2D eigenvalue weighted by Gasteiger charge is -2.33. The third kappa shape index (κ3) is 10.8. The van der Waals surface area contributed by atoms with Gasteiger partial charge in [-0.25, -0.2) is 0 Å². The number of non-ortho nitro benzene ring substituents is 2. The Balaban J connectivity index is 0.000000198. The van der Waals surface area contributed by atoms with Gasteiger partial charge in [0.05, 0.1) is 9.85 Å². The van der Waals surface area contributed by atoms with Crippen molar-refractivity contribution in [3.8, 4) is 0 Å². The molecule has 6 rings (SSSR count). The van der Waals surface area contributed by atoms with Gasteiger partial charge in [0.15, 0.2) is 0 Å². The first-order valence-corrected chi connectivity index (χ1v) is 18.8. The number of nitrogens with two attached hydrogens (primary N) is 1. The van der Waals surface area contributed by atoms with Crippen LogP contribution < -0.4 is 20.9 Å². The van der Waals surface area contributed by atoms with Crippen LogP contribution >= 0.6 is 11.6 Å². The lowest BCUT2D eigenvalue weighted by Crippen LogP contribution is -2.30. The predicted molar refractivity (Wildman–Crippen MR) is 222 cm³/mol. The molecular weight excluding hydrogens is 688 g/mol. The second-order valence-corrected chi connectivity index (χ2v) is 19.2. The van der Waals surface area contributed by atoms with Crippen molar-refractivity contribution < 1.29 is 9.85 Å². The molecule has 3 aromatic carbocycles. The molecule has 0 amide bonds. The van der Waals surface area contributed by atoms with Crippen molar-refractivity contribution in [1.82, 2.24) is 5.32 Å². The average molecular weight is 751 g/mol. The smallest absolute Gasteiger partial charge is 0.269 e. The van der Waals surface area contributed by atoms with Crippen LogP contribution in [0.2, 0.25) is 5.02 Å². The maximum Gasteiger partial charge on any atom is 0.269 e. The number of halogens is 1. The van der Waals surface area contributed by atoms with Gasteiger partial charge in [-0.05, 0) is 81.0 Å². The van der Waals surface area contributed by atoms with Crippen LogP contribution in [-0.4, -0.2) is 49.1 Å². The summed E-state index contributed by atoms with van der Waals surface area (Å²) in [4.78, 5) is 24.7. The monoisotopic (exact) mass is 750 g/mol. The topological polar surface area (TPSA) is 131 Å². The van der Waals surface area contributed by atoms with E-state index >= 15 is 0 Å². The fraction of sp³-hybridized carbons (Fsp3) is 0.571. The number of nitrogen functional groups attached to an aromatic ring is 1. The molecule has 3 N–H and O–H groups in total. The van der Waals surface area contributed by atoms with Crippen LogP contribution in [0.4, 0.5) is 28.4 Å². The van der Waals surface area contributed by atoms with Gasteiger partial charge in [-0.2, -0.15) is 0 Å². The van der Waals surface area contributed by atoms with Gasteiger partial charge < -0.3 is 20.9 Å². The third-order valence-electron chi connectivity index (χ3n) is 12.7. The third-order valence-corrected chi connectivity index (χ3v) is 12.9. The van der Waals surface area contributed by atoms with Crippen LogP contribution in [0.5, 0.6) is 0 Å². The van der Waals surface area contributed by atoms with E-state index in [1.165, 1.54) is 43.0 Å². The largest absolute Gasteiger partial charge is 0.399 e. The highest BCUT2D eigenvalue weighted by Crippen LogP contribution is 2.47. The summed E-state index contributed by atoms with van der Waals surface area (Å²) in [7, 11) is 0. The van der Waals surface area contributed by atoms with Crippen LogP contribution in [-0.2, 0) is 0 Å². The molecule has 0 aromatic heterocycles. The zero-order valence-electron chi connectivity index (χ0n) is 34.0. The van der Waals surface area contributed by atoms with Crippen molar-refractivity contribution in [3.05, 3.63) is 98.0 Å². The minimum absolute atomic E-state index is 0.0596. The van der Waals surface area contributed by atoms with Gasteiger partial charge >= 0.3 is 0 Å². The lowest BCUT2D eigenvalue weighted by molar-refractivity contribution is -0.385. The number of nitro benzene ring substituents is 2. The molecule has 0 atom stereocenters. The Morgan fingerprint density at radius 3 is 1.08 bits per heavy atom. The maximum atomic E-state index is 10.6. The van der Waals surface area contributed by atoms with Gasteiger partial charge in [0.1, 0.15) is 0 Å². The van der Waals surface area contributed by atoms with E-state index in [0.29, 0.717) is 26.7 Å². The molecule has 0 spiro atoms. The van der Waals surface area contributed by atoms with Gasteiger partial charge in [-0.1, -0.05) is 94.7 Å². The number of nitro groups is 2. The van der Waals surface area contributed by atoms with Crippen molar-refractivity contribution >= 4 is 40.0 Å². The Labute approximate surface area is 322 Å². The molecule has 3 aliphatic heterocycles. The van der Waals surface area contributed by atoms with Gasteiger partial charge in [0.25, 0.3) is 11.4 Å². The second-order valence-electron chi connectivity index (χ2n) is 18.7. The van der Waals surface area contributed by atoms with E-state index in [1.54, 1.807) is 12.1 Å². The molecule has 3 aromatic rings. The Bertz CT molecular complexity index is 1640. The van der Waals surface area contributed by atoms with E-state index in [0.717, 1.165) is 37.6 Å². The number of rotatable bonds is 4. The molecule has 10 nitrogen and oxygen atoms in total. The Morgan fingerprint density at radius 2 is 0.811 bits per heavy atom. The first-order chi connectivity index (χ1) is 24.2. The van der Waals surface area contributed by atoms with Gasteiger partial charge in [0, 0.05) is 85.6 Å². The van der Waals surface area contributed by atoms with E-state index in [-0.39, 0.29) is 27.1 Å². The summed E-state index contributed by atoms with van der Waals surface area (Å²) < 4.78 is 0. The molecule has 3 fully saturated rings. The lowest BCUT2D eigenvalue weighted by atomic mass is 9.71. The number of anilines is 3. The number of hydrogen-bond acceptors (Lipinski definition) is 8. The van der Waals surface area contributed by atoms with Crippen LogP contribution in [0.1, 0.15) is 83.1 Å². The molecule has 11 heteroatoms. The van der Waals surface area contributed by atoms with Gasteiger partial charge in [0.2, 0.25) is 0 Å². The molecule has 53 heavy (non-hydrogen) atoms. The Hall–Kier alpha value is -3.89. The molecule has 0 aliphatic carbocycles. The van der Waals surface area contributed by atoms with Crippen molar-refractivity contribution in [1.29, 1.82) is 0 Å². The summed E-state index contributed by atoms with van der Waals surface area (Å²) in [5.74, 6) is 0. The minimum atomic E-state index is -0.462. The highest BCUT2D eigenvalue weighted by molar-refractivity contribution is 6.30. The number of nitrogens with zero attached hydrogens (tertiary/aromatic N) is 4. The number of hydrogen-bond donors (Lipinski definition) is 2. The van der Waals surface area contributed by atoms with Crippen LogP contribution in [0, 0.1) is 52.7 Å². The van der Waals surface area contributed by atoms with Crippen molar-refractivity contribution in [2.24, 2.45) is 32.5 Å². The Kier molecular flexibility index (Phi) is 13.3. The highest BCUT2D eigenvalue weighted by atomic mass is 35.5. The molecule has 3 saturated heterocycles. The van der Waals surface area contributed by atoms with E-state index < -0.39 is 4.92 Å². The zero-order chi connectivity index (χ0) is 40.2. The molecule has 0 saturated carbocycles. The van der Waals surface area contributed by atoms with Crippen LogP contribution in [0.3, 0.4) is 0 Å². The molecule has 0 bridgehead atoms. The first-order valence-electron chi connectivity index (χ1n) is 18.4. The molecule has 0 radical (unpaired) electrons. The van der Waals surface area contributed by atoms with E-state index in [9.17, 15) is 20.2 Å². The Morgan fingerprint density at radius 1 is 0.528 bits per heavy atom. The van der Waals surface area contributed by atoms with Gasteiger partial charge in [-0.3, -0.25) is 20.2 Å². The maximum absolute atomic E-state index is 10.6. The van der Waals surface area contributed by atoms with E-state index in [1.807, 2.05) is 24.3 Å². The van der Waals surface area contributed by atoms with Crippen molar-refractivity contribution in [2.45, 2.75) is 83.1 Å². The average Bonchev–Trinajstić information content (AvgIpc) is 3.53. The molecule has 3 aliphatic rings. The fourth-order valence-electron chi connectivity index (χ4n) is 6.44. The summed E-state index contributed by atoms with van der Waals surface area (Å²) in [6.45, 7) is 34.3. The predicted octanol–water partition coefficient (Wildman–Crippen LogP) is 10.5. The minimum Gasteiger partial charge on any atom is -0.399 e. The first kappa shape index (κ1) is 43.5. The van der Waals surface area contributed by atoms with Crippen LogP contribution in [0.15, 0.2) is 72.8 Å². The molecule has 3 heterocycles. The molecular formula is C42H63ClN6O4. The normalized spacial score (nSPS) is 20.8. The van der Waals surface area contributed by atoms with Crippen molar-refractivity contribution in [3.63, 3.8) is 0 Å². The summed E-state index contributed by atoms with van der Waals surface area (Å²) in [5, 5.41) is 24.6. The number of nitrogens with one attached hydrogen (secondary N) is 1. The molecule has 0 unspecified atom stereocenters. The summed E-state index contributed by atoms with van der Waals surface area (Å²) in [6, 6.07) is 20.7. The standard InChI is InChI=1S/C14H20N2O2.C14H22N2.C8H17N.C6H4ClNO2/c1-13(2)9-15(10-14(13,3)4)11-5-7-12(8-6-11)16(17)18;1-13(2)9-16(10-14(13,3)4)12-7-5-11(15)6-8-12;1-7(2)5-9-6-8(7,3)4;7-5-1-3-6(4-2-5)8(9)10/h5-8H,9-10H2,1-4H3;5-8H,9-10,15H2,1-4H3;9H,5-6H2,1-4H3;1-4H. The summed E-state index contributed by atoms with van der Waals surface area (Å²) in [5.41, 5.74) is 11.3. The van der Waals surface area contributed by atoms with E-state index in [4.69, 9.17) is 17.3 Å². The zero-order valence-corrected chi connectivity index (χ0v) is 34.8. The number of benzene rings is 3. The summed E-state index contributed by atoms with van der Waals surface area (Å²) in [6.07, 6.45) is 0. The quantitative estimate of drug-likeness (QED) is 0.153. The highest BCUT2D eigenvalue weighted by Gasteiger charge is 2.46.